The maximum absolute atomic E-state index is 12.6. The van der Waals surface area contributed by atoms with Crippen molar-refractivity contribution in [1.82, 2.24) is 0 Å². The molecule has 9 heteroatoms. The summed E-state index contributed by atoms with van der Waals surface area (Å²) >= 11 is 11.9. The van der Waals surface area contributed by atoms with E-state index in [0.717, 1.165) is 0 Å². The number of fused-ring (bicyclic) bond motifs is 2. The van der Waals surface area contributed by atoms with Crippen LogP contribution in [0.25, 0.3) is 16.7 Å². The van der Waals surface area contributed by atoms with Crippen molar-refractivity contribution in [1.29, 1.82) is 0 Å². The first-order chi connectivity index (χ1) is 13.8. The molecule has 4 rings (SSSR count). The van der Waals surface area contributed by atoms with Crippen LogP contribution in [0.4, 0.5) is 0 Å². The first-order valence-electron chi connectivity index (χ1n) is 8.45. The second-order valence-corrected chi connectivity index (χ2v) is 7.31. The predicted octanol–water partition coefficient (Wildman–Crippen LogP) is 3.56. The summed E-state index contributed by atoms with van der Waals surface area (Å²) < 4.78 is 10.6. The number of rotatable bonds is 3. The summed E-state index contributed by atoms with van der Waals surface area (Å²) in [5, 5.41) is 42.6. The molecule has 0 amide bonds. The predicted molar refractivity (Wildman–Crippen MR) is 107 cm³/mol. The number of aliphatic hydroxyl groups excluding tert-OH is 3. The Morgan fingerprint density at radius 3 is 2.48 bits per heavy atom. The van der Waals surface area contributed by atoms with Gasteiger partial charge in [0.2, 0.25) is 6.29 Å². The topological polar surface area (TPSA) is 120 Å². The van der Waals surface area contributed by atoms with E-state index in [2.05, 4.69) is 0 Å². The highest BCUT2D eigenvalue weighted by molar-refractivity contribution is 6.31. The molecule has 0 radical (unpaired) electrons. The van der Waals surface area contributed by atoms with Gasteiger partial charge in [0.25, 0.3) is 0 Å². The molecule has 3 aromatic rings. The van der Waals surface area contributed by atoms with E-state index in [0.29, 0.717) is 10.0 Å². The summed E-state index contributed by atoms with van der Waals surface area (Å²) in [5.41, 5.74) is -1.25. The Hall–Kier alpha value is -2.71. The van der Waals surface area contributed by atoms with Gasteiger partial charge in [-0.25, -0.2) is 4.79 Å². The minimum absolute atomic E-state index is 0.0908. The fourth-order valence-corrected chi connectivity index (χ4v) is 3.75. The lowest BCUT2D eigenvalue weighted by Crippen LogP contribution is -2.31. The molecule has 1 aromatic heterocycles. The monoisotopic (exact) mass is 436 g/mol. The SMILES string of the molecule is O=c1oc2ccc(Cl)cc2c(O)c1C(CO)C1=C(O)c2cc(Cl)ccc2OC1O. The number of halogens is 2. The zero-order valence-electron chi connectivity index (χ0n) is 14.6. The van der Waals surface area contributed by atoms with Crippen molar-refractivity contribution in [2.24, 2.45) is 0 Å². The van der Waals surface area contributed by atoms with Crippen LogP contribution in [0.5, 0.6) is 11.5 Å². The Morgan fingerprint density at radius 2 is 1.76 bits per heavy atom. The Kier molecular flexibility index (Phi) is 4.92. The van der Waals surface area contributed by atoms with Crippen LogP contribution in [-0.2, 0) is 0 Å². The van der Waals surface area contributed by atoms with Crippen LogP contribution in [-0.4, -0.2) is 33.3 Å². The van der Waals surface area contributed by atoms with Crippen LogP contribution in [0.3, 0.4) is 0 Å². The van der Waals surface area contributed by atoms with E-state index in [1.165, 1.54) is 36.4 Å². The van der Waals surface area contributed by atoms with Gasteiger partial charge in [-0.3, -0.25) is 0 Å². The smallest absolute Gasteiger partial charge is 0.343 e. The molecule has 0 saturated carbocycles. The fraction of sp³-hybridized carbons (Fsp3) is 0.150. The third-order valence-electron chi connectivity index (χ3n) is 4.76. The van der Waals surface area contributed by atoms with E-state index < -0.39 is 35.9 Å². The van der Waals surface area contributed by atoms with Gasteiger partial charge in [-0.1, -0.05) is 23.2 Å². The van der Waals surface area contributed by atoms with E-state index in [9.17, 15) is 25.2 Å². The molecule has 0 spiro atoms. The lowest BCUT2D eigenvalue weighted by molar-refractivity contribution is 0.00277. The zero-order valence-corrected chi connectivity index (χ0v) is 16.1. The molecule has 2 aromatic carbocycles. The molecule has 0 saturated heterocycles. The lowest BCUT2D eigenvalue weighted by atomic mass is 9.87. The molecule has 1 aliphatic heterocycles. The number of aliphatic hydroxyl groups is 3. The van der Waals surface area contributed by atoms with Crippen molar-refractivity contribution in [2.75, 3.05) is 6.61 Å². The van der Waals surface area contributed by atoms with E-state index in [-0.39, 0.29) is 33.4 Å². The van der Waals surface area contributed by atoms with E-state index in [1.807, 2.05) is 0 Å². The third kappa shape index (κ3) is 3.22. The zero-order chi connectivity index (χ0) is 20.9. The van der Waals surface area contributed by atoms with Crippen LogP contribution < -0.4 is 10.4 Å². The molecule has 0 fully saturated rings. The highest BCUT2D eigenvalue weighted by Crippen LogP contribution is 2.43. The number of hydrogen-bond donors (Lipinski definition) is 4. The quantitative estimate of drug-likeness (QED) is 0.463. The Bertz CT molecular complexity index is 1220. The number of benzene rings is 2. The van der Waals surface area contributed by atoms with Crippen molar-refractivity contribution in [2.45, 2.75) is 12.2 Å². The summed E-state index contributed by atoms with van der Waals surface area (Å²) in [6.45, 7) is -0.736. The third-order valence-corrected chi connectivity index (χ3v) is 5.23. The summed E-state index contributed by atoms with van der Waals surface area (Å²) in [7, 11) is 0. The fourth-order valence-electron chi connectivity index (χ4n) is 3.41. The summed E-state index contributed by atoms with van der Waals surface area (Å²) in [5.74, 6) is -2.06. The first kappa shape index (κ1) is 19.6. The molecule has 4 N–H and O–H groups in total. The average Bonchev–Trinajstić information content (AvgIpc) is 2.68. The second kappa shape index (κ2) is 7.27. The largest absolute Gasteiger partial charge is 0.507 e. The minimum Gasteiger partial charge on any atom is -0.507 e. The van der Waals surface area contributed by atoms with Gasteiger partial charge in [0.15, 0.2) is 0 Å². The molecule has 150 valence electrons. The van der Waals surface area contributed by atoms with Crippen molar-refractivity contribution >= 4 is 39.9 Å². The molecule has 0 aliphatic carbocycles. The van der Waals surface area contributed by atoms with Crippen LogP contribution in [0.15, 0.2) is 51.2 Å². The van der Waals surface area contributed by atoms with E-state index in [1.54, 1.807) is 0 Å². The van der Waals surface area contributed by atoms with Crippen molar-refractivity contribution in [3.63, 3.8) is 0 Å². The van der Waals surface area contributed by atoms with Crippen LogP contribution in [0, 0.1) is 0 Å². The molecule has 0 bridgehead atoms. The minimum atomic E-state index is -1.69. The lowest BCUT2D eigenvalue weighted by Gasteiger charge is -2.29. The summed E-state index contributed by atoms with van der Waals surface area (Å²) in [4.78, 5) is 12.6. The molecular weight excluding hydrogens is 423 g/mol. The van der Waals surface area contributed by atoms with Gasteiger partial charge in [0, 0.05) is 16.0 Å². The van der Waals surface area contributed by atoms with Gasteiger partial charge in [-0.15, -0.1) is 0 Å². The van der Waals surface area contributed by atoms with Gasteiger partial charge in [0.05, 0.1) is 28.7 Å². The van der Waals surface area contributed by atoms with E-state index >= 15 is 0 Å². The van der Waals surface area contributed by atoms with Gasteiger partial charge in [0.1, 0.15) is 22.8 Å². The van der Waals surface area contributed by atoms with Gasteiger partial charge < -0.3 is 29.6 Å². The molecule has 29 heavy (non-hydrogen) atoms. The second-order valence-electron chi connectivity index (χ2n) is 6.44. The number of ether oxygens (including phenoxy) is 1. The molecular formula is C20H14Cl2O7. The molecule has 2 atom stereocenters. The van der Waals surface area contributed by atoms with E-state index in [4.69, 9.17) is 32.4 Å². The maximum Gasteiger partial charge on any atom is 0.343 e. The summed E-state index contributed by atoms with van der Waals surface area (Å²) in [6, 6.07) is 8.70. The molecule has 1 aliphatic rings. The summed E-state index contributed by atoms with van der Waals surface area (Å²) in [6.07, 6.45) is -1.69. The molecule has 2 unspecified atom stereocenters. The van der Waals surface area contributed by atoms with Crippen LogP contribution in [0.1, 0.15) is 17.0 Å². The first-order valence-corrected chi connectivity index (χ1v) is 9.21. The Balaban J connectivity index is 1.97. The highest BCUT2D eigenvalue weighted by atomic mass is 35.5. The van der Waals surface area contributed by atoms with Crippen molar-refractivity contribution in [3.8, 4) is 11.5 Å². The van der Waals surface area contributed by atoms with Gasteiger partial charge in [-0.05, 0) is 36.4 Å². The highest BCUT2D eigenvalue weighted by Gasteiger charge is 2.37. The maximum atomic E-state index is 12.6. The Labute approximate surface area is 173 Å². The molecule has 2 heterocycles. The van der Waals surface area contributed by atoms with Gasteiger partial charge in [-0.2, -0.15) is 0 Å². The van der Waals surface area contributed by atoms with Gasteiger partial charge >= 0.3 is 5.63 Å². The normalized spacial score (nSPS) is 17.2. The average molecular weight is 437 g/mol. The van der Waals surface area contributed by atoms with Crippen molar-refractivity contribution in [3.05, 3.63) is 73.6 Å². The number of hydrogen-bond acceptors (Lipinski definition) is 7. The Morgan fingerprint density at radius 1 is 1.07 bits per heavy atom. The van der Waals surface area contributed by atoms with Crippen molar-refractivity contribution < 1.29 is 29.6 Å². The molecule has 7 nitrogen and oxygen atoms in total. The standard InChI is InChI=1S/C20H14Cl2O7/c21-8-1-3-13-10(5-8)17(24)15(19(26)28-13)12(7-23)16-18(25)11-6-9(22)2-4-14(11)29-20(16)27/h1-6,12,19,23-26H,7H2. The van der Waals surface area contributed by atoms with Crippen LogP contribution in [0.2, 0.25) is 10.0 Å². The van der Waals surface area contributed by atoms with Crippen LogP contribution >= 0.6 is 23.2 Å². The number of aromatic hydroxyl groups is 1.